The van der Waals surface area contributed by atoms with Crippen molar-refractivity contribution in [3.05, 3.63) is 10.6 Å². The smallest absolute Gasteiger partial charge is 0.182 e. The number of rotatable bonds is 0. The molecule has 0 bridgehead atoms. The molecule has 2 radical (unpaired) electrons. The van der Waals surface area contributed by atoms with Crippen LogP contribution in [-0.2, 0) is 0 Å². The summed E-state index contributed by atoms with van der Waals surface area (Å²) in [7, 11) is 5.54. The van der Waals surface area contributed by atoms with Crippen LogP contribution in [0.25, 0.3) is 0 Å². The Balaban J connectivity index is 2.35. The molecule has 0 aromatic heterocycles. The zero-order valence-corrected chi connectivity index (χ0v) is 6.89. The maximum atomic E-state index is 5.54. The lowest BCUT2D eigenvalue weighted by atomic mass is 10.0. The number of hydrogen-bond acceptors (Lipinski definition) is 1. The summed E-state index contributed by atoms with van der Waals surface area (Å²) in [6.45, 7) is 1.99. The molecule has 0 atom stereocenters. The molecule has 1 heterocycles. The van der Waals surface area contributed by atoms with Gasteiger partial charge in [-0.15, -0.1) is 0 Å². The Hall–Kier alpha value is 0.245. The lowest BCUT2D eigenvalue weighted by Gasteiger charge is -2.23. The molecular weight excluding hydrogens is 177 g/mol. The average molecular weight is 186 g/mol. The van der Waals surface area contributed by atoms with Crippen molar-refractivity contribution < 1.29 is 0 Å². The van der Waals surface area contributed by atoms with E-state index in [1.807, 2.05) is 9.80 Å². The lowest BCUT2D eigenvalue weighted by molar-refractivity contribution is 0.419. The molecule has 0 aromatic carbocycles. The number of piperidine rings is 1. The second-order valence-electron chi connectivity index (χ2n) is 2.30. The van der Waals surface area contributed by atoms with Crippen LogP contribution >= 0.6 is 15.9 Å². The fraction of sp³-hybridized carbons (Fsp3) is 0.667. The van der Waals surface area contributed by atoms with Gasteiger partial charge in [-0.05, 0) is 30.9 Å². The van der Waals surface area contributed by atoms with Gasteiger partial charge in [-0.3, -0.25) is 0 Å². The van der Waals surface area contributed by atoms with E-state index in [2.05, 4.69) is 15.9 Å². The first kappa shape index (κ1) is 7.35. The maximum absolute atomic E-state index is 5.54. The standard InChI is InChI=1S/C6H9BBrN/c7-9-3-1-6(5-8)2-4-9/h5H,1-4H2. The third-order valence-electron chi connectivity index (χ3n) is 1.59. The van der Waals surface area contributed by atoms with Gasteiger partial charge in [-0.25, -0.2) is 0 Å². The van der Waals surface area contributed by atoms with Gasteiger partial charge in [0.15, 0.2) is 7.98 Å². The summed E-state index contributed by atoms with van der Waals surface area (Å²) >= 11 is 3.31. The highest BCUT2D eigenvalue weighted by Crippen LogP contribution is 2.15. The van der Waals surface area contributed by atoms with Crippen LogP contribution < -0.4 is 0 Å². The van der Waals surface area contributed by atoms with Gasteiger partial charge in [0, 0.05) is 0 Å². The van der Waals surface area contributed by atoms with Crippen LogP contribution in [0.5, 0.6) is 0 Å². The zero-order valence-electron chi connectivity index (χ0n) is 5.31. The highest BCUT2D eigenvalue weighted by Gasteiger charge is 2.07. The first-order valence-electron chi connectivity index (χ1n) is 3.10. The third kappa shape index (κ3) is 2.14. The monoisotopic (exact) mass is 185 g/mol. The van der Waals surface area contributed by atoms with Crippen LogP contribution in [-0.4, -0.2) is 25.9 Å². The predicted octanol–water partition coefficient (Wildman–Crippen LogP) is 1.44. The average Bonchev–Trinajstić information content (AvgIpc) is 1.90. The Morgan fingerprint density at radius 1 is 1.44 bits per heavy atom. The Morgan fingerprint density at radius 2 is 2.00 bits per heavy atom. The molecule has 0 spiro atoms. The molecule has 0 amide bonds. The molecule has 1 fully saturated rings. The van der Waals surface area contributed by atoms with Crippen LogP contribution in [0.15, 0.2) is 10.6 Å². The predicted molar refractivity (Wildman–Crippen MR) is 43.6 cm³/mol. The minimum Gasteiger partial charge on any atom is -0.353 e. The van der Waals surface area contributed by atoms with Gasteiger partial charge in [-0.1, -0.05) is 21.5 Å². The summed E-state index contributed by atoms with van der Waals surface area (Å²) in [5, 5.41) is 0. The molecule has 3 heteroatoms. The first-order valence-corrected chi connectivity index (χ1v) is 4.02. The van der Waals surface area contributed by atoms with Gasteiger partial charge >= 0.3 is 0 Å². The van der Waals surface area contributed by atoms with E-state index < -0.39 is 0 Å². The second-order valence-corrected chi connectivity index (χ2v) is 2.76. The third-order valence-corrected chi connectivity index (χ3v) is 2.24. The van der Waals surface area contributed by atoms with E-state index in [4.69, 9.17) is 7.98 Å². The van der Waals surface area contributed by atoms with Crippen molar-refractivity contribution in [3.63, 3.8) is 0 Å². The summed E-state index contributed by atoms with van der Waals surface area (Å²) in [5.41, 5.74) is 1.47. The van der Waals surface area contributed by atoms with Crippen LogP contribution in [0.2, 0.25) is 0 Å². The molecule has 0 aliphatic carbocycles. The molecule has 0 N–H and O–H groups in total. The molecule has 0 saturated carbocycles. The van der Waals surface area contributed by atoms with Crippen molar-refractivity contribution in [2.24, 2.45) is 0 Å². The molecular formula is C6H9BBrN. The van der Waals surface area contributed by atoms with E-state index in [1.54, 1.807) is 0 Å². The molecule has 9 heavy (non-hydrogen) atoms. The van der Waals surface area contributed by atoms with Gasteiger partial charge in [-0.2, -0.15) is 0 Å². The Bertz CT molecular complexity index is 114. The summed E-state index contributed by atoms with van der Waals surface area (Å²) in [6.07, 6.45) is 2.23. The van der Waals surface area contributed by atoms with Gasteiger partial charge in [0.25, 0.3) is 0 Å². The molecule has 1 saturated heterocycles. The SMILES string of the molecule is [B]N1CCC(=CBr)CC1. The van der Waals surface area contributed by atoms with Crippen molar-refractivity contribution in [2.45, 2.75) is 12.8 Å². The molecule has 48 valence electrons. The van der Waals surface area contributed by atoms with Crippen molar-refractivity contribution in [2.75, 3.05) is 13.1 Å². The Kier molecular flexibility index (Phi) is 2.80. The first-order chi connectivity index (χ1) is 4.33. The van der Waals surface area contributed by atoms with Gasteiger partial charge in [0.2, 0.25) is 0 Å². The molecule has 0 aromatic rings. The quantitative estimate of drug-likeness (QED) is 0.517. The van der Waals surface area contributed by atoms with Crippen molar-refractivity contribution in [3.8, 4) is 0 Å². The summed E-state index contributed by atoms with van der Waals surface area (Å²) in [5.74, 6) is 0. The maximum Gasteiger partial charge on any atom is 0.182 e. The topological polar surface area (TPSA) is 3.24 Å². The number of nitrogens with zero attached hydrogens (tertiary/aromatic N) is 1. The normalized spacial score (nSPS) is 22.1. The molecule has 1 nitrogen and oxygen atoms in total. The minimum absolute atomic E-state index is 0.997. The molecule has 1 aliphatic rings. The summed E-state index contributed by atoms with van der Waals surface area (Å²) in [6, 6.07) is 0. The van der Waals surface area contributed by atoms with Gasteiger partial charge in [0.05, 0.1) is 0 Å². The number of halogens is 1. The zero-order chi connectivity index (χ0) is 6.69. The highest BCUT2D eigenvalue weighted by molar-refractivity contribution is 9.11. The van der Waals surface area contributed by atoms with E-state index in [0.717, 1.165) is 25.9 Å². The highest BCUT2D eigenvalue weighted by atomic mass is 79.9. The molecule has 1 rings (SSSR count). The molecule has 1 aliphatic heterocycles. The van der Waals surface area contributed by atoms with Crippen molar-refractivity contribution in [1.29, 1.82) is 0 Å². The lowest BCUT2D eigenvalue weighted by Crippen LogP contribution is -2.27. The summed E-state index contributed by atoms with van der Waals surface area (Å²) in [4.78, 5) is 3.88. The summed E-state index contributed by atoms with van der Waals surface area (Å²) < 4.78 is 0. The van der Waals surface area contributed by atoms with Gasteiger partial charge in [0.1, 0.15) is 0 Å². The second kappa shape index (κ2) is 3.42. The van der Waals surface area contributed by atoms with E-state index >= 15 is 0 Å². The van der Waals surface area contributed by atoms with Crippen LogP contribution in [0, 0.1) is 0 Å². The van der Waals surface area contributed by atoms with Crippen LogP contribution in [0.3, 0.4) is 0 Å². The van der Waals surface area contributed by atoms with E-state index in [1.165, 1.54) is 5.57 Å². The Morgan fingerprint density at radius 3 is 2.44 bits per heavy atom. The van der Waals surface area contributed by atoms with Crippen LogP contribution in [0.4, 0.5) is 0 Å². The number of hydrogen-bond donors (Lipinski definition) is 0. The van der Waals surface area contributed by atoms with Crippen LogP contribution in [0.1, 0.15) is 12.8 Å². The van der Waals surface area contributed by atoms with Gasteiger partial charge < -0.3 is 4.81 Å². The van der Waals surface area contributed by atoms with Crippen molar-refractivity contribution in [1.82, 2.24) is 4.81 Å². The minimum atomic E-state index is 0.997. The fourth-order valence-electron chi connectivity index (χ4n) is 0.920. The van der Waals surface area contributed by atoms with E-state index in [0.29, 0.717) is 0 Å². The molecule has 0 unspecified atom stereocenters. The fourth-order valence-corrected chi connectivity index (χ4v) is 1.38. The van der Waals surface area contributed by atoms with E-state index in [9.17, 15) is 0 Å². The van der Waals surface area contributed by atoms with Crippen molar-refractivity contribution >= 4 is 23.9 Å². The largest absolute Gasteiger partial charge is 0.353 e. The Labute approximate surface area is 65.7 Å². The van der Waals surface area contributed by atoms with E-state index in [-0.39, 0.29) is 0 Å².